The summed E-state index contributed by atoms with van der Waals surface area (Å²) in [4.78, 5) is 0. The smallest absolute Gasteiger partial charge is 0.0292 e. The van der Waals surface area contributed by atoms with Crippen molar-refractivity contribution in [3.63, 3.8) is 0 Å². The third-order valence-electron chi connectivity index (χ3n) is 35.5. The average Bonchev–Trinajstić information content (AvgIpc) is 2.21. The van der Waals surface area contributed by atoms with Gasteiger partial charge in [-0.05, 0) is 380 Å². The summed E-state index contributed by atoms with van der Waals surface area (Å²) in [5.74, 6) is 32.8. The van der Waals surface area contributed by atoms with Crippen molar-refractivity contribution in [1.82, 2.24) is 0 Å². The molecule has 14 unspecified atom stereocenters. The Morgan fingerprint density at radius 3 is 1.01 bits per heavy atom. The SMILES string of the molecule is CC12CC3CC(CC(C3)C1)C2.CC12CC3CC(CC1C3)C2.CC12CCCC(CCC1)C2.CC1C2CC3CC(C2)C1C3.CC1C2CC3CC(C2)CC1C3.CC1C2CCCC1CCC2.CC1CC2CCC1C2.CC1CC2CCC1CC2.CC1CCC2CCCC1C2. The molecule has 0 heterocycles. The fourth-order valence-electron chi connectivity index (χ4n) is 31.2. The molecular formula is C89H152. The largest absolute Gasteiger partial charge is 0.0622 e. The second-order valence-electron chi connectivity index (χ2n) is 42.0. The molecule has 27 aliphatic carbocycles. The van der Waals surface area contributed by atoms with Gasteiger partial charge in [-0.3, -0.25) is 0 Å². The lowest BCUT2D eigenvalue weighted by molar-refractivity contribution is -0.0411. The van der Waals surface area contributed by atoms with E-state index in [0.29, 0.717) is 0 Å². The van der Waals surface area contributed by atoms with Gasteiger partial charge in [0.15, 0.2) is 0 Å². The van der Waals surface area contributed by atoms with E-state index in [0.717, 1.165) is 170 Å². The number of hydrogen-bond donors (Lipinski definition) is 0. The Morgan fingerprint density at radius 2 is 0.607 bits per heavy atom. The molecule has 0 aliphatic heterocycles. The molecule has 0 radical (unpaired) electrons. The van der Waals surface area contributed by atoms with E-state index in [4.69, 9.17) is 0 Å². The molecule has 89 heavy (non-hydrogen) atoms. The van der Waals surface area contributed by atoms with Crippen LogP contribution in [0.3, 0.4) is 0 Å². The normalized spacial score (nSPS) is 54.9. The Balaban J connectivity index is 0.0000000878. The van der Waals surface area contributed by atoms with E-state index >= 15 is 0 Å². The van der Waals surface area contributed by atoms with Crippen LogP contribution in [0.1, 0.15) is 371 Å². The Hall–Kier alpha value is 0. The second-order valence-corrected chi connectivity index (χ2v) is 42.0. The van der Waals surface area contributed by atoms with Crippen molar-refractivity contribution in [2.75, 3.05) is 0 Å². The summed E-state index contributed by atoms with van der Waals surface area (Å²) in [6.07, 6.45) is 74.9. The summed E-state index contributed by atoms with van der Waals surface area (Å²) in [6, 6.07) is 0. The Kier molecular flexibility index (Phi) is 21.2. The maximum Gasteiger partial charge on any atom is -0.0292 e. The minimum atomic E-state index is 0.779. The summed E-state index contributed by atoms with van der Waals surface area (Å²) >= 11 is 0. The van der Waals surface area contributed by atoms with Gasteiger partial charge in [-0.2, -0.15) is 0 Å². The molecule has 0 amide bonds. The van der Waals surface area contributed by atoms with Crippen LogP contribution in [0, 0.1) is 188 Å². The summed E-state index contributed by atoms with van der Waals surface area (Å²) in [5, 5.41) is 0. The first kappa shape index (κ1) is 66.2. The van der Waals surface area contributed by atoms with Crippen LogP contribution in [0.4, 0.5) is 0 Å². The molecule has 27 rings (SSSR count). The topological polar surface area (TPSA) is 0 Å². The van der Waals surface area contributed by atoms with E-state index in [1.54, 1.807) is 205 Å². The van der Waals surface area contributed by atoms with Crippen molar-refractivity contribution in [3.8, 4) is 0 Å². The van der Waals surface area contributed by atoms with Gasteiger partial charge in [-0.15, -0.1) is 0 Å². The third kappa shape index (κ3) is 15.6. The van der Waals surface area contributed by atoms with Crippen LogP contribution in [-0.2, 0) is 0 Å². The van der Waals surface area contributed by atoms with Crippen molar-refractivity contribution in [2.45, 2.75) is 371 Å². The molecule has 0 N–H and O–H groups in total. The highest BCUT2D eigenvalue weighted by Gasteiger charge is 2.55. The third-order valence-corrected chi connectivity index (χ3v) is 35.5. The van der Waals surface area contributed by atoms with Crippen LogP contribution < -0.4 is 0 Å². The van der Waals surface area contributed by atoms with E-state index in [-0.39, 0.29) is 0 Å². The van der Waals surface area contributed by atoms with Crippen LogP contribution in [0.25, 0.3) is 0 Å². The lowest BCUT2D eigenvalue weighted by Gasteiger charge is -2.55. The molecule has 27 saturated carbocycles. The highest BCUT2D eigenvalue weighted by molar-refractivity contribution is 5.06. The van der Waals surface area contributed by atoms with Crippen LogP contribution in [-0.4, -0.2) is 0 Å². The van der Waals surface area contributed by atoms with Crippen molar-refractivity contribution in [1.29, 1.82) is 0 Å². The summed E-state index contributed by atoms with van der Waals surface area (Å²) < 4.78 is 0. The zero-order chi connectivity index (χ0) is 61.2. The standard InChI is InChI=1S/2C11H18.2C10H16.3C10H18.C9H16.C8H14/c1-11-5-8-2-9(6-11)4-10(3-8)7-11;1-7-10-3-8-2-9(5-10)6-11(7)4-8;1-10-5-7-2-8(6-10)4-9(10)3-7;1-6-8-2-7-3-9(5-8)10(6)4-7;1-10-6-2-4-9(8-10)5-3-7-10;1-8-9-4-2-5-10(8)7-3-6-9;1-8-5-6-9-3-2-4-10(8)7-9;1-7-6-8-2-4-9(7)5-3-8;1-6-4-7-2-3-8(6)5-7/h8-10H,2-7H2,1H3;7-11H,2-6H2,1H3;7-9H,2-6H2,1H3;6-10H,2-5H2,1H3;9H,2-8H2,1H3;2*8-10H,2-7H2,1H3;7-9H,2-6H2,1H3;6-8H,2-5H2,1H3. The van der Waals surface area contributed by atoms with E-state index < -0.39 is 0 Å². The predicted molar refractivity (Wildman–Crippen MR) is 381 cm³/mol. The fraction of sp³-hybridized carbons (Fsp3) is 1.00. The van der Waals surface area contributed by atoms with Crippen LogP contribution in [0.5, 0.6) is 0 Å². The zero-order valence-electron chi connectivity index (χ0n) is 61.2. The molecule has 0 nitrogen and oxygen atoms in total. The number of rotatable bonds is 0. The van der Waals surface area contributed by atoms with Crippen molar-refractivity contribution in [3.05, 3.63) is 0 Å². The molecule has 0 aromatic carbocycles. The molecule has 0 saturated heterocycles. The van der Waals surface area contributed by atoms with Crippen LogP contribution >= 0.6 is 0 Å². The van der Waals surface area contributed by atoms with Crippen LogP contribution in [0.2, 0.25) is 0 Å². The van der Waals surface area contributed by atoms with Gasteiger partial charge >= 0.3 is 0 Å². The Bertz CT molecular complexity index is 2080. The van der Waals surface area contributed by atoms with Gasteiger partial charge in [0.1, 0.15) is 0 Å². The average molecular weight is 1220 g/mol. The Labute approximate surface area is 555 Å². The van der Waals surface area contributed by atoms with E-state index in [1.807, 2.05) is 0 Å². The number of fused-ring (bicyclic) bond motifs is 11. The lowest BCUT2D eigenvalue weighted by atomic mass is 9.50. The molecule has 27 fully saturated rings. The van der Waals surface area contributed by atoms with Gasteiger partial charge < -0.3 is 0 Å². The summed E-state index contributed by atoms with van der Waals surface area (Å²) in [7, 11) is 0. The maximum atomic E-state index is 2.54. The maximum absolute atomic E-state index is 2.54. The summed E-state index contributed by atoms with van der Waals surface area (Å²) in [5.41, 5.74) is 2.41. The molecule has 0 aromatic rings. The van der Waals surface area contributed by atoms with Gasteiger partial charge in [0.25, 0.3) is 0 Å². The monoisotopic (exact) mass is 1220 g/mol. The van der Waals surface area contributed by atoms with Gasteiger partial charge in [0.05, 0.1) is 0 Å². The second kappa shape index (κ2) is 28.5. The Morgan fingerprint density at radius 1 is 0.213 bits per heavy atom. The highest BCUT2D eigenvalue weighted by atomic mass is 14.6. The quantitative estimate of drug-likeness (QED) is 0.227. The molecular weight excluding hydrogens is 1070 g/mol. The van der Waals surface area contributed by atoms with Crippen molar-refractivity contribution in [2.24, 2.45) is 188 Å². The van der Waals surface area contributed by atoms with Gasteiger partial charge in [-0.1, -0.05) is 178 Å². The zero-order valence-corrected chi connectivity index (χ0v) is 61.2. The number of hydrogen-bond acceptors (Lipinski definition) is 0. The van der Waals surface area contributed by atoms with E-state index in [1.165, 1.54) is 120 Å². The molecule has 0 heteroatoms. The lowest BCUT2D eigenvalue weighted by Crippen LogP contribution is -2.44. The first-order valence-electron chi connectivity index (χ1n) is 42.9. The van der Waals surface area contributed by atoms with E-state index in [2.05, 4.69) is 62.3 Å². The first-order chi connectivity index (χ1) is 42.9. The van der Waals surface area contributed by atoms with Crippen molar-refractivity contribution >= 4 is 0 Å². The molecule has 26 bridgehead atoms. The molecule has 14 atom stereocenters. The molecule has 0 spiro atoms. The van der Waals surface area contributed by atoms with E-state index in [9.17, 15) is 0 Å². The minimum absolute atomic E-state index is 0.779. The van der Waals surface area contributed by atoms with Gasteiger partial charge in [-0.25, -0.2) is 0 Å². The molecule has 508 valence electrons. The van der Waals surface area contributed by atoms with Gasteiger partial charge in [0.2, 0.25) is 0 Å². The van der Waals surface area contributed by atoms with Crippen LogP contribution in [0.15, 0.2) is 0 Å². The summed E-state index contributed by atoms with van der Waals surface area (Å²) in [6.45, 7) is 22.4. The fourth-order valence-corrected chi connectivity index (χ4v) is 31.2. The first-order valence-corrected chi connectivity index (χ1v) is 42.9. The predicted octanol–water partition coefficient (Wildman–Crippen LogP) is 26.9. The van der Waals surface area contributed by atoms with Gasteiger partial charge in [0, 0.05) is 0 Å². The molecule has 27 aliphatic rings. The minimum Gasteiger partial charge on any atom is -0.0622 e. The highest BCUT2D eigenvalue weighted by Crippen LogP contribution is 2.66. The molecule has 0 aromatic heterocycles. The van der Waals surface area contributed by atoms with Crippen molar-refractivity contribution < 1.29 is 0 Å².